The molecule has 0 aliphatic heterocycles. The molecule has 2 rings (SSSR count). The van der Waals surface area contributed by atoms with Gasteiger partial charge in [-0.05, 0) is 23.8 Å². The molecule has 86 valence electrons. The molecule has 0 saturated carbocycles. The van der Waals surface area contributed by atoms with Crippen molar-refractivity contribution in [3.8, 4) is 0 Å². The lowest BCUT2D eigenvalue weighted by Gasteiger charge is -2.03. The lowest BCUT2D eigenvalue weighted by Crippen LogP contribution is -2.05. The van der Waals surface area contributed by atoms with Crippen molar-refractivity contribution in [1.82, 2.24) is 0 Å². The molecule has 0 atom stereocenters. The average molecular weight is 249 g/mol. The second-order valence-electron chi connectivity index (χ2n) is 3.71. The van der Waals surface area contributed by atoms with Gasteiger partial charge in [-0.3, -0.25) is 4.79 Å². The van der Waals surface area contributed by atoms with E-state index in [2.05, 4.69) is 0 Å². The summed E-state index contributed by atoms with van der Waals surface area (Å²) in [6, 6.07) is 13.3. The molecule has 0 heterocycles. The number of carbonyl (C=O) groups is 1. The third kappa shape index (κ3) is 2.92. The molecular formula is C14H10ClFO. The quantitative estimate of drug-likeness (QED) is 0.753. The van der Waals surface area contributed by atoms with Crippen molar-refractivity contribution >= 4 is 17.4 Å². The van der Waals surface area contributed by atoms with E-state index in [0.717, 1.165) is 11.6 Å². The van der Waals surface area contributed by atoms with Crippen LogP contribution in [0.2, 0.25) is 5.02 Å². The van der Waals surface area contributed by atoms with Gasteiger partial charge in [-0.1, -0.05) is 41.9 Å². The first-order valence-corrected chi connectivity index (χ1v) is 5.57. The number of halogens is 2. The Labute approximate surface area is 104 Å². The number of hydrogen-bond donors (Lipinski definition) is 0. The van der Waals surface area contributed by atoms with E-state index in [-0.39, 0.29) is 17.8 Å². The van der Waals surface area contributed by atoms with Gasteiger partial charge >= 0.3 is 0 Å². The zero-order chi connectivity index (χ0) is 12.3. The molecule has 0 bridgehead atoms. The van der Waals surface area contributed by atoms with E-state index >= 15 is 0 Å². The van der Waals surface area contributed by atoms with Crippen LogP contribution in [0.4, 0.5) is 4.39 Å². The van der Waals surface area contributed by atoms with Gasteiger partial charge in [0, 0.05) is 11.4 Å². The van der Waals surface area contributed by atoms with Crippen LogP contribution in [0.5, 0.6) is 0 Å². The van der Waals surface area contributed by atoms with Gasteiger partial charge in [0.05, 0.1) is 5.56 Å². The summed E-state index contributed by atoms with van der Waals surface area (Å²) in [6.45, 7) is 0. The van der Waals surface area contributed by atoms with Crippen LogP contribution in [0, 0.1) is 5.82 Å². The second kappa shape index (κ2) is 5.11. The van der Waals surface area contributed by atoms with Gasteiger partial charge in [0.1, 0.15) is 5.82 Å². The van der Waals surface area contributed by atoms with E-state index in [1.807, 2.05) is 30.3 Å². The van der Waals surface area contributed by atoms with Crippen molar-refractivity contribution in [3.05, 3.63) is 70.5 Å². The molecule has 1 nitrogen and oxygen atoms in total. The fourth-order valence-electron chi connectivity index (χ4n) is 1.59. The predicted molar refractivity (Wildman–Crippen MR) is 65.9 cm³/mol. The average Bonchev–Trinajstić information content (AvgIpc) is 2.30. The minimum atomic E-state index is -0.571. The van der Waals surface area contributed by atoms with Crippen LogP contribution in [-0.2, 0) is 6.42 Å². The topological polar surface area (TPSA) is 17.1 Å². The minimum Gasteiger partial charge on any atom is -0.294 e. The summed E-state index contributed by atoms with van der Waals surface area (Å²) < 4.78 is 13.5. The van der Waals surface area contributed by atoms with E-state index in [1.165, 1.54) is 12.1 Å². The Morgan fingerprint density at radius 2 is 1.82 bits per heavy atom. The number of benzene rings is 2. The van der Waals surface area contributed by atoms with Gasteiger partial charge in [0.2, 0.25) is 0 Å². The number of carbonyl (C=O) groups excluding carboxylic acids is 1. The number of ketones is 1. The fraction of sp³-hybridized carbons (Fsp3) is 0.0714. The van der Waals surface area contributed by atoms with Crippen molar-refractivity contribution in [2.45, 2.75) is 6.42 Å². The molecule has 0 unspecified atom stereocenters. The Morgan fingerprint density at radius 1 is 1.12 bits per heavy atom. The molecule has 0 amide bonds. The van der Waals surface area contributed by atoms with Gasteiger partial charge in [-0.2, -0.15) is 0 Å². The maximum atomic E-state index is 13.5. The Morgan fingerprint density at radius 3 is 2.47 bits per heavy atom. The van der Waals surface area contributed by atoms with Crippen molar-refractivity contribution in [1.29, 1.82) is 0 Å². The molecule has 0 radical (unpaired) electrons. The summed E-state index contributed by atoms with van der Waals surface area (Å²) >= 11 is 5.63. The van der Waals surface area contributed by atoms with Crippen LogP contribution in [0.15, 0.2) is 48.5 Å². The van der Waals surface area contributed by atoms with Crippen LogP contribution >= 0.6 is 11.6 Å². The van der Waals surface area contributed by atoms with Crippen molar-refractivity contribution < 1.29 is 9.18 Å². The number of hydrogen-bond acceptors (Lipinski definition) is 1. The van der Waals surface area contributed by atoms with Crippen molar-refractivity contribution in [3.63, 3.8) is 0 Å². The third-order valence-electron chi connectivity index (χ3n) is 2.44. The zero-order valence-electron chi connectivity index (χ0n) is 8.99. The van der Waals surface area contributed by atoms with Crippen LogP contribution in [0.1, 0.15) is 15.9 Å². The SMILES string of the molecule is O=C(Cc1ccccc1)c1ccc(Cl)cc1F. The van der Waals surface area contributed by atoms with E-state index in [0.29, 0.717) is 5.02 Å². The highest BCUT2D eigenvalue weighted by molar-refractivity contribution is 6.30. The molecule has 0 aliphatic carbocycles. The van der Waals surface area contributed by atoms with E-state index < -0.39 is 5.82 Å². The molecule has 17 heavy (non-hydrogen) atoms. The van der Waals surface area contributed by atoms with Crippen molar-refractivity contribution in [2.75, 3.05) is 0 Å². The van der Waals surface area contributed by atoms with Gasteiger partial charge in [-0.15, -0.1) is 0 Å². The maximum absolute atomic E-state index is 13.5. The van der Waals surface area contributed by atoms with Gasteiger partial charge < -0.3 is 0 Å². The van der Waals surface area contributed by atoms with E-state index in [4.69, 9.17) is 11.6 Å². The van der Waals surface area contributed by atoms with Gasteiger partial charge in [-0.25, -0.2) is 4.39 Å². The summed E-state index contributed by atoms with van der Waals surface area (Å²) in [6.07, 6.45) is 0.194. The van der Waals surface area contributed by atoms with Crippen LogP contribution < -0.4 is 0 Å². The van der Waals surface area contributed by atoms with Crippen LogP contribution in [0.3, 0.4) is 0 Å². The fourth-order valence-corrected chi connectivity index (χ4v) is 1.75. The lowest BCUT2D eigenvalue weighted by molar-refractivity contribution is 0.0989. The molecule has 0 aromatic heterocycles. The van der Waals surface area contributed by atoms with Crippen molar-refractivity contribution in [2.24, 2.45) is 0 Å². The molecule has 0 saturated heterocycles. The maximum Gasteiger partial charge on any atom is 0.170 e. The molecule has 0 spiro atoms. The van der Waals surface area contributed by atoms with Gasteiger partial charge in [0.15, 0.2) is 5.78 Å². The third-order valence-corrected chi connectivity index (χ3v) is 2.67. The molecule has 0 aliphatic rings. The predicted octanol–water partition coefficient (Wildman–Crippen LogP) is 3.90. The normalized spacial score (nSPS) is 10.2. The summed E-state index contributed by atoms with van der Waals surface area (Å²) in [7, 11) is 0. The highest BCUT2D eigenvalue weighted by Crippen LogP contribution is 2.16. The molecule has 0 N–H and O–H groups in total. The molecule has 2 aromatic rings. The number of rotatable bonds is 3. The molecule has 2 aromatic carbocycles. The Bertz CT molecular complexity index is 537. The monoisotopic (exact) mass is 248 g/mol. The van der Waals surface area contributed by atoms with E-state index in [1.54, 1.807) is 0 Å². The van der Waals surface area contributed by atoms with Gasteiger partial charge in [0.25, 0.3) is 0 Å². The summed E-state index contributed by atoms with van der Waals surface area (Å²) in [4.78, 5) is 11.9. The Kier molecular flexibility index (Phi) is 3.55. The zero-order valence-corrected chi connectivity index (χ0v) is 9.75. The first kappa shape index (κ1) is 11.8. The minimum absolute atomic E-state index is 0.0817. The smallest absolute Gasteiger partial charge is 0.170 e. The molecule has 0 fully saturated rings. The number of Topliss-reactive ketones (excluding diaryl/α,β-unsaturated/α-hetero) is 1. The highest BCUT2D eigenvalue weighted by Gasteiger charge is 2.12. The standard InChI is InChI=1S/C14H10ClFO/c15-11-6-7-12(13(16)9-11)14(17)8-10-4-2-1-3-5-10/h1-7,9H,8H2. The highest BCUT2D eigenvalue weighted by atomic mass is 35.5. The van der Waals surface area contributed by atoms with Crippen LogP contribution in [-0.4, -0.2) is 5.78 Å². The Hall–Kier alpha value is -1.67. The molecular weight excluding hydrogens is 239 g/mol. The lowest BCUT2D eigenvalue weighted by atomic mass is 10.0. The van der Waals surface area contributed by atoms with Crippen LogP contribution in [0.25, 0.3) is 0 Å². The second-order valence-corrected chi connectivity index (χ2v) is 4.15. The first-order chi connectivity index (χ1) is 8.16. The first-order valence-electron chi connectivity index (χ1n) is 5.19. The Balaban J connectivity index is 2.21. The summed E-state index contributed by atoms with van der Waals surface area (Å²) in [5.74, 6) is -0.816. The summed E-state index contributed by atoms with van der Waals surface area (Å²) in [5.41, 5.74) is 0.949. The molecule has 3 heteroatoms. The van der Waals surface area contributed by atoms with E-state index in [9.17, 15) is 9.18 Å². The summed E-state index contributed by atoms with van der Waals surface area (Å²) in [5, 5.41) is 0.291. The largest absolute Gasteiger partial charge is 0.294 e.